The van der Waals surface area contributed by atoms with Crippen LogP contribution in [0.15, 0.2) is 22.7 Å². The van der Waals surface area contributed by atoms with E-state index in [1.165, 1.54) is 0 Å². The first-order valence-corrected chi connectivity index (χ1v) is 6.83. The van der Waals surface area contributed by atoms with Crippen molar-refractivity contribution in [2.45, 2.75) is 12.8 Å². The third-order valence-corrected chi connectivity index (χ3v) is 3.39. The van der Waals surface area contributed by atoms with Gasteiger partial charge in [-0.3, -0.25) is 9.59 Å². The van der Waals surface area contributed by atoms with Gasteiger partial charge in [-0.15, -0.1) is 0 Å². The van der Waals surface area contributed by atoms with Crippen LogP contribution in [0.25, 0.3) is 0 Å². The number of carbonyl (C=O) groups excluding carboxylic acids is 1. The van der Waals surface area contributed by atoms with Gasteiger partial charge in [-0.25, -0.2) is 0 Å². The first-order valence-electron chi connectivity index (χ1n) is 4.95. The van der Waals surface area contributed by atoms with Crippen LogP contribution < -0.4 is 5.32 Å². The Morgan fingerprint density at radius 3 is 2.76 bits per heavy atom. The summed E-state index contributed by atoms with van der Waals surface area (Å²) in [6.07, 6.45) is 0.496. The lowest BCUT2D eigenvalue weighted by atomic mass is 10.2. The Hall–Kier alpha value is -0.630. The van der Waals surface area contributed by atoms with Crippen molar-refractivity contribution >= 4 is 50.4 Å². The maximum atomic E-state index is 11.8. The summed E-state index contributed by atoms with van der Waals surface area (Å²) >= 11 is 5.44. The number of rotatable bonds is 5. The molecule has 0 aliphatic carbocycles. The fourth-order valence-electron chi connectivity index (χ4n) is 1.21. The second-order valence-corrected chi connectivity index (χ2v) is 5.48. The predicted molar refractivity (Wildman–Crippen MR) is 76.1 cm³/mol. The summed E-state index contributed by atoms with van der Waals surface area (Å²) in [7, 11) is 0. The molecule has 1 aromatic carbocycles. The third kappa shape index (κ3) is 5.03. The van der Waals surface area contributed by atoms with E-state index >= 15 is 0 Å². The van der Waals surface area contributed by atoms with Crippen molar-refractivity contribution in [3.63, 3.8) is 0 Å². The summed E-state index contributed by atoms with van der Waals surface area (Å²) < 4.78 is 1.70. The van der Waals surface area contributed by atoms with Crippen LogP contribution in [0, 0.1) is 3.57 Å². The van der Waals surface area contributed by atoms with Gasteiger partial charge in [0, 0.05) is 21.0 Å². The zero-order valence-corrected chi connectivity index (χ0v) is 12.6. The van der Waals surface area contributed by atoms with E-state index in [1.54, 1.807) is 6.07 Å². The molecule has 0 radical (unpaired) electrons. The SMILES string of the molecule is O=C(O)CCCNC(=O)c1cc(I)ccc1Br. The second kappa shape index (κ2) is 6.95. The topological polar surface area (TPSA) is 66.4 Å². The Morgan fingerprint density at radius 1 is 1.41 bits per heavy atom. The van der Waals surface area contributed by atoms with Gasteiger partial charge in [-0.2, -0.15) is 0 Å². The van der Waals surface area contributed by atoms with Crippen LogP contribution in [0.2, 0.25) is 0 Å². The minimum atomic E-state index is -0.852. The van der Waals surface area contributed by atoms with Gasteiger partial charge in [0.2, 0.25) is 0 Å². The molecule has 17 heavy (non-hydrogen) atoms. The molecule has 4 nitrogen and oxygen atoms in total. The van der Waals surface area contributed by atoms with Gasteiger partial charge in [0.15, 0.2) is 0 Å². The average Bonchev–Trinajstić information content (AvgIpc) is 2.27. The van der Waals surface area contributed by atoms with Crippen molar-refractivity contribution in [1.29, 1.82) is 0 Å². The second-order valence-electron chi connectivity index (χ2n) is 3.38. The molecule has 0 aliphatic rings. The number of aliphatic carboxylic acids is 1. The molecular formula is C11H11BrINO3. The van der Waals surface area contributed by atoms with E-state index < -0.39 is 5.97 Å². The molecule has 0 bridgehead atoms. The largest absolute Gasteiger partial charge is 0.481 e. The smallest absolute Gasteiger partial charge is 0.303 e. The van der Waals surface area contributed by atoms with Crippen LogP contribution in [0.5, 0.6) is 0 Å². The number of carboxylic acids is 1. The molecule has 0 saturated carbocycles. The lowest BCUT2D eigenvalue weighted by Gasteiger charge is -2.06. The minimum Gasteiger partial charge on any atom is -0.481 e. The van der Waals surface area contributed by atoms with Crippen LogP contribution in [-0.2, 0) is 4.79 Å². The Balaban J connectivity index is 2.52. The highest BCUT2D eigenvalue weighted by Crippen LogP contribution is 2.19. The Kier molecular flexibility index (Phi) is 5.90. The lowest BCUT2D eigenvalue weighted by Crippen LogP contribution is -2.25. The van der Waals surface area contributed by atoms with Gasteiger partial charge < -0.3 is 10.4 Å². The predicted octanol–water partition coefficient (Wildman–Crippen LogP) is 2.65. The Morgan fingerprint density at radius 2 is 2.12 bits per heavy atom. The molecule has 0 aromatic heterocycles. The molecule has 0 aliphatic heterocycles. The molecule has 2 N–H and O–H groups in total. The van der Waals surface area contributed by atoms with Crippen LogP contribution >= 0.6 is 38.5 Å². The van der Waals surface area contributed by atoms with Crippen molar-refractivity contribution < 1.29 is 14.7 Å². The van der Waals surface area contributed by atoms with E-state index in [2.05, 4.69) is 43.8 Å². The van der Waals surface area contributed by atoms with Gasteiger partial charge in [0.25, 0.3) is 5.91 Å². The third-order valence-electron chi connectivity index (χ3n) is 2.03. The zero-order chi connectivity index (χ0) is 12.8. The van der Waals surface area contributed by atoms with Crippen LogP contribution in [0.3, 0.4) is 0 Å². The summed E-state index contributed by atoms with van der Waals surface area (Å²) in [5, 5.41) is 11.1. The molecule has 0 spiro atoms. The van der Waals surface area contributed by atoms with E-state index in [0.29, 0.717) is 18.5 Å². The maximum absolute atomic E-state index is 11.8. The molecule has 1 rings (SSSR count). The number of carbonyl (C=O) groups is 2. The molecule has 1 amide bonds. The first-order chi connectivity index (χ1) is 8.00. The van der Waals surface area contributed by atoms with Crippen molar-refractivity contribution in [3.8, 4) is 0 Å². The van der Waals surface area contributed by atoms with Gasteiger partial charge >= 0.3 is 5.97 Å². The minimum absolute atomic E-state index is 0.0633. The fraction of sp³-hybridized carbons (Fsp3) is 0.273. The summed E-state index contributed by atoms with van der Waals surface area (Å²) in [6, 6.07) is 5.48. The van der Waals surface area contributed by atoms with E-state index in [4.69, 9.17) is 5.11 Å². The molecule has 6 heteroatoms. The number of carboxylic acid groups (broad SMARTS) is 1. The van der Waals surface area contributed by atoms with E-state index in [-0.39, 0.29) is 12.3 Å². The van der Waals surface area contributed by atoms with Crippen LogP contribution in [-0.4, -0.2) is 23.5 Å². The molecular weight excluding hydrogens is 401 g/mol. The van der Waals surface area contributed by atoms with Crippen molar-refractivity contribution in [2.75, 3.05) is 6.54 Å². The number of nitrogens with one attached hydrogen (secondary N) is 1. The highest BCUT2D eigenvalue weighted by molar-refractivity contribution is 14.1. The maximum Gasteiger partial charge on any atom is 0.303 e. The molecule has 0 fully saturated rings. The summed E-state index contributed by atoms with van der Waals surface area (Å²) in [6.45, 7) is 0.364. The highest BCUT2D eigenvalue weighted by Gasteiger charge is 2.09. The Bertz CT molecular complexity index is 437. The molecule has 92 valence electrons. The zero-order valence-electron chi connectivity index (χ0n) is 8.87. The molecule has 0 saturated heterocycles. The van der Waals surface area contributed by atoms with E-state index in [1.807, 2.05) is 12.1 Å². The van der Waals surface area contributed by atoms with Crippen molar-refractivity contribution in [1.82, 2.24) is 5.32 Å². The fourth-order valence-corrected chi connectivity index (χ4v) is 2.13. The monoisotopic (exact) mass is 411 g/mol. The molecule has 1 aromatic rings. The Labute approximate surface area is 121 Å². The number of halogens is 2. The normalized spacial score (nSPS) is 10.0. The van der Waals surface area contributed by atoms with E-state index in [9.17, 15) is 9.59 Å². The number of hydrogen-bond acceptors (Lipinski definition) is 2. The van der Waals surface area contributed by atoms with Gasteiger partial charge in [0.1, 0.15) is 0 Å². The number of hydrogen-bond donors (Lipinski definition) is 2. The van der Waals surface area contributed by atoms with Gasteiger partial charge in [0.05, 0.1) is 5.56 Å². The quantitative estimate of drug-likeness (QED) is 0.578. The highest BCUT2D eigenvalue weighted by atomic mass is 127. The van der Waals surface area contributed by atoms with Crippen molar-refractivity contribution in [2.24, 2.45) is 0 Å². The first kappa shape index (κ1) is 14.4. The van der Waals surface area contributed by atoms with Gasteiger partial charge in [-0.05, 0) is 63.1 Å². The molecule has 0 heterocycles. The lowest BCUT2D eigenvalue weighted by molar-refractivity contribution is -0.137. The molecule has 0 unspecified atom stereocenters. The molecule has 0 atom stereocenters. The number of benzene rings is 1. The van der Waals surface area contributed by atoms with E-state index in [0.717, 1.165) is 8.04 Å². The summed E-state index contributed by atoms with van der Waals surface area (Å²) in [5.41, 5.74) is 0.562. The number of amides is 1. The van der Waals surface area contributed by atoms with Gasteiger partial charge in [-0.1, -0.05) is 0 Å². The average molecular weight is 412 g/mol. The van der Waals surface area contributed by atoms with Crippen LogP contribution in [0.1, 0.15) is 23.2 Å². The van der Waals surface area contributed by atoms with Crippen LogP contribution in [0.4, 0.5) is 0 Å². The summed E-state index contributed by atoms with van der Waals surface area (Å²) in [4.78, 5) is 22.1. The van der Waals surface area contributed by atoms with Crippen molar-refractivity contribution in [3.05, 3.63) is 31.8 Å². The summed E-state index contributed by atoms with van der Waals surface area (Å²) in [5.74, 6) is -1.05. The standard InChI is InChI=1S/C11H11BrINO3/c12-9-4-3-7(13)6-8(9)11(17)14-5-1-2-10(15)16/h3-4,6H,1-2,5H2,(H,14,17)(H,15,16).